The zero-order valence-electron chi connectivity index (χ0n) is 21.3. The van der Waals surface area contributed by atoms with Gasteiger partial charge < -0.3 is 16.0 Å². The van der Waals surface area contributed by atoms with Crippen molar-refractivity contribution in [3.63, 3.8) is 0 Å². The molecule has 8 heteroatoms. The van der Waals surface area contributed by atoms with Crippen molar-refractivity contribution < 1.29 is 19.2 Å². The van der Waals surface area contributed by atoms with Gasteiger partial charge in [-0.15, -0.1) is 0 Å². The fourth-order valence-corrected chi connectivity index (χ4v) is 3.53. The minimum atomic E-state index is -1.08. The molecule has 0 aliphatic carbocycles. The van der Waals surface area contributed by atoms with Crippen LogP contribution in [-0.2, 0) is 20.8 Å². The molecule has 1 aromatic heterocycles. The van der Waals surface area contributed by atoms with Crippen LogP contribution in [0, 0.1) is 12.8 Å². The molecule has 0 spiro atoms. The van der Waals surface area contributed by atoms with E-state index < -0.39 is 41.1 Å². The summed E-state index contributed by atoms with van der Waals surface area (Å²) in [6.45, 7) is 11.0. The zero-order chi connectivity index (χ0) is 26.2. The van der Waals surface area contributed by atoms with Crippen molar-refractivity contribution in [2.45, 2.75) is 72.0 Å². The van der Waals surface area contributed by atoms with Crippen LogP contribution in [0.2, 0.25) is 0 Å². The Balaban J connectivity index is 2.26. The molecular weight excluding hydrogens is 444 g/mol. The van der Waals surface area contributed by atoms with Crippen LogP contribution in [0.4, 0.5) is 0 Å². The summed E-state index contributed by atoms with van der Waals surface area (Å²) in [6.07, 6.45) is 3.55. The van der Waals surface area contributed by atoms with Gasteiger partial charge in [-0.3, -0.25) is 24.2 Å². The number of aromatic nitrogens is 1. The highest BCUT2D eigenvalue weighted by molar-refractivity contribution is 6.38. The molecule has 0 bridgehead atoms. The van der Waals surface area contributed by atoms with Gasteiger partial charge in [0.05, 0.1) is 5.56 Å². The van der Waals surface area contributed by atoms with Crippen molar-refractivity contribution in [1.29, 1.82) is 0 Å². The van der Waals surface area contributed by atoms with Crippen LogP contribution in [-0.4, -0.2) is 46.1 Å². The molecule has 8 nitrogen and oxygen atoms in total. The average Bonchev–Trinajstić information content (AvgIpc) is 2.77. The quantitative estimate of drug-likeness (QED) is 0.452. The Labute approximate surface area is 207 Å². The van der Waals surface area contributed by atoms with E-state index in [0.29, 0.717) is 12.0 Å². The monoisotopic (exact) mass is 480 g/mol. The van der Waals surface area contributed by atoms with E-state index in [2.05, 4.69) is 20.9 Å². The molecule has 1 aromatic carbocycles. The number of Topliss-reactive ketones (excluding diaryl/α,β-unsaturated/α-hetero) is 1. The van der Waals surface area contributed by atoms with E-state index in [1.807, 2.05) is 44.2 Å². The molecular formula is C27H36N4O4. The third kappa shape index (κ3) is 8.96. The second-order valence-corrected chi connectivity index (χ2v) is 10.2. The van der Waals surface area contributed by atoms with Crippen molar-refractivity contribution in [1.82, 2.24) is 20.9 Å². The number of rotatable bonds is 10. The molecule has 0 fully saturated rings. The van der Waals surface area contributed by atoms with Gasteiger partial charge in [-0.2, -0.15) is 0 Å². The normalized spacial score (nSPS) is 13.0. The molecule has 35 heavy (non-hydrogen) atoms. The minimum Gasteiger partial charge on any atom is -0.345 e. The van der Waals surface area contributed by atoms with Crippen molar-refractivity contribution >= 4 is 23.5 Å². The number of aryl methyl sites for hydroxylation is 1. The average molecular weight is 481 g/mol. The number of ketones is 1. The molecule has 188 valence electrons. The topological polar surface area (TPSA) is 117 Å². The Hall–Kier alpha value is -3.55. The summed E-state index contributed by atoms with van der Waals surface area (Å²) in [5.74, 6) is -2.36. The van der Waals surface area contributed by atoms with E-state index in [1.165, 1.54) is 6.20 Å². The number of hydrogen-bond acceptors (Lipinski definition) is 5. The van der Waals surface area contributed by atoms with Crippen LogP contribution in [0.1, 0.15) is 62.5 Å². The predicted octanol–water partition coefficient (Wildman–Crippen LogP) is 2.75. The number of nitrogens with one attached hydrogen (secondary N) is 3. The Morgan fingerprint density at radius 1 is 0.943 bits per heavy atom. The van der Waals surface area contributed by atoms with Crippen molar-refractivity contribution in [3.05, 3.63) is 65.5 Å². The maximum Gasteiger partial charge on any atom is 0.290 e. The highest BCUT2D eigenvalue weighted by Gasteiger charge is 2.32. The van der Waals surface area contributed by atoms with E-state index in [9.17, 15) is 19.2 Å². The van der Waals surface area contributed by atoms with Gasteiger partial charge in [0, 0.05) is 24.4 Å². The maximum atomic E-state index is 13.3. The summed E-state index contributed by atoms with van der Waals surface area (Å²) in [5, 5.41) is 8.17. The molecule has 0 saturated carbocycles. The third-order valence-electron chi connectivity index (χ3n) is 5.24. The van der Waals surface area contributed by atoms with Gasteiger partial charge in [0.25, 0.3) is 11.8 Å². The number of carbonyl (C=O) groups is 4. The van der Waals surface area contributed by atoms with E-state index in [4.69, 9.17) is 0 Å². The van der Waals surface area contributed by atoms with Gasteiger partial charge in [-0.1, -0.05) is 44.2 Å². The molecule has 3 amide bonds. The number of amides is 3. The maximum absolute atomic E-state index is 13.3. The first-order valence-electron chi connectivity index (χ1n) is 11.8. The Morgan fingerprint density at radius 3 is 2.17 bits per heavy atom. The van der Waals surface area contributed by atoms with Crippen LogP contribution in [0.25, 0.3) is 0 Å². The van der Waals surface area contributed by atoms with E-state index >= 15 is 0 Å². The standard InChI is InChI=1S/C27H36N4O4/c1-17(2)14-22(30-24(33)20-16-28-13-12-18(20)3)25(34)29-21(15-19-10-8-7-9-11-19)23(32)26(35)31-27(4,5)6/h7-13,16-17,21-22H,14-15H2,1-6H3,(H,29,34)(H,30,33)(H,31,35). The lowest BCUT2D eigenvalue weighted by molar-refractivity contribution is -0.141. The molecule has 2 unspecified atom stereocenters. The van der Waals surface area contributed by atoms with Gasteiger partial charge in [0.15, 0.2) is 0 Å². The summed E-state index contributed by atoms with van der Waals surface area (Å²) in [6, 6.07) is 8.89. The number of pyridine rings is 1. The van der Waals surface area contributed by atoms with Crippen molar-refractivity contribution in [3.8, 4) is 0 Å². The molecule has 0 aliphatic rings. The molecule has 2 aromatic rings. The molecule has 0 radical (unpaired) electrons. The number of carbonyl (C=O) groups excluding carboxylic acids is 4. The van der Waals surface area contributed by atoms with Crippen LogP contribution in [0.5, 0.6) is 0 Å². The Bertz CT molecular complexity index is 1040. The lowest BCUT2D eigenvalue weighted by Crippen LogP contribution is -2.56. The van der Waals surface area contributed by atoms with Gasteiger partial charge >= 0.3 is 0 Å². The summed E-state index contributed by atoms with van der Waals surface area (Å²) in [4.78, 5) is 55.9. The van der Waals surface area contributed by atoms with Crippen LogP contribution in [0.15, 0.2) is 48.8 Å². The first-order valence-corrected chi connectivity index (χ1v) is 11.8. The molecule has 2 rings (SSSR count). The van der Waals surface area contributed by atoms with Crippen molar-refractivity contribution in [2.75, 3.05) is 0 Å². The van der Waals surface area contributed by atoms with Crippen LogP contribution in [0.3, 0.4) is 0 Å². The number of hydrogen-bond donors (Lipinski definition) is 3. The summed E-state index contributed by atoms with van der Waals surface area (Å²) < 4.78 is 0. The SMILES string of the molecule is Cc1ccncc1C(=O)NC(CC(C)C)C(=O)NC(Cc1ccccc1)C(=O)C(=O)NC(C)(C)C. The largest absolute Gasteiger partial charge is 0.345 e. The lowest BCUT2D eigenvalue weighted by Gasteiger charge is -2.25. The molecule has 3 N–H and O–H groups in total. The molecule has 2 atom stereocenters. The van der Waals surface area contributed by atoms with Crippen LogP contribution < -0.4 is 16.0 Å². The first-order chi connectivity index (χ1) is 16.4. The zero-order valence-corrected chi connectivity index (χ0v) is 21.3. The minimum absolute atomic E-state index is 0.0912. The highest BCUT2D eigenvalue weighted by Crippen LogP contribution is 2.11. The summed E-state index contributed by atoms with van der Waals surface area (Å²) in [7, 11) is 0. The fourth-order valence-electron chi connectivity index (χ4n) is 3.53. The number of benzene rings is 1. The van der Waals surface area contributed by atoms with Gasteiger partial charge in [0.2, 0.25) is 11.7 Å². The smallest absolute Gasteiger partial charge is 0.290 e. The van der Waals surface area contributed by atoms with Crippen LogP contribution >= 0.6 is 0 Å². The molecule has 0 aliphatic heterocycles. The fraction of sp³-hybridized carbons (Fsp3) is 0.444. The molecule has 0 saturated heterocycles. The Morgan fingerprint density at radius 2 is 1.60 bits per heavy atom. The first kappa shape index (κ1) is 27.7. The summed E-state index contributed by atoms with van der Waals surface area (Å²) in [5.41, 5.74) is 1.29. The van der Waals surface area contributed by atoms with Crippen molar-refractivity contribution in [2.24, 2.45) is 5.92 Å². The lowest BCUT2D eigenvalue weighted by atomic mass is 9.98. The van der Waals surface area contributed by atoms with E-state index in [1.54, 1.807) is 40.0 Å². The van der Waals surface area contributed by atoms with Gasteiger partial charge in [-0.25, -0.2) is 0 Å². The van der Waals surface area contributed by atoms with Gasteiger partial charge in [-0.05, 0) is 57.2 Å². The molecule has 1 heterocycles. The third-order valence-corrected chi connectivity index (χ3v) is 5.24. The number of nitrogens with zero attached hydrogens (tertiary/aromatic N) is 1. The second-order valence-electron chi connectivity index (χ2n) is 10.2. The Kier molecular flexibility index (Phi) is 9.68. The summed E-state index contributed by atoms with van der Waals surface area (Å²) >= 11 is 0. The second kappa shape index (κ2) is 12.2. The van der Waals surface area contributed by atoms with Gasteiger partial charge in [0.1, 0.15) is 12.1 Å². The highest BCUT2D eigenvalue weighted by atomic mass is 16.2. The van der Waals surface area contributed by atoms with E-state index in [0.717, 1.165) is 11.1 Å². The predicted molar refractivity (Wildman–Crippen MR) is 135 cm³/mol. The van der Waals surface area contributed by atoms with E-state index in [-0.39, 0.29) is 12.3 Å².